The molecular formula is C12H10N2O5. The molecule has 0 aromatic heterocycles. The Morgan fingerprint density at radius 2 is 1.63 bits per heavy atom. The first-order valence-electron chi connectivity index (χ1n) is 5.30. The highest BCUT2D eigenvalue weighted by Gasteiger charge is 2.30. The number of phenols is 2. The molecular weight excluding hydrogens is 252 g/mol. The largest absolute Gasteiger partial charge is 0.508 e. The minimum Gasteiger partial charge on any atom is -0.508 e. The molecule has 0 bridgehead atoms. The molecule has 0 radical (unpaired) electrons. The number of hydrogen-bond acceptors (Lipinski definition) is 5. The van der Waals surface area contributed by atoms with E-state index in [1.54, 1.807) is 0 Å². The van der Waals surface area contributed by atoms with Crippen LogP contribution in [0.15, 0.2) is 23.8 Å². The molecule has 4 N–H and O–H groups in total. The minimum atomic E-state index is -0.888. The van der Waals surface area contributed by atoms with Gasteiger partial charge in [0.05, 0.1) is 0 Å². The Kier molecular flexibility index (Phi) is 2.95. The molecule has 1 aliphatic rings. The first kappa shape index (κ1) is 12.6. The van der Waals surface area contributed by atoms with E-state index in [0.717, 1.165) is 6.07 Å². The number of urea groups is 1. The summed E-state index contributed by atoms with van der Waals surface area (Å²) in [4.78, 5) is 34.2. The molecule has 19 heavy (non-hydrogen) atoms. The number of phenolic OH excluding ortho intramolecular Hbond substituents is 2. The Labute approximate surface area is 107 Å². The number of nitrogens with one attached hydrogen (secondary N) is 2. The lowest BCUT2D eigenvalue weighted by atomic mass is 9.98. The van der Waals surface area contributed by atoms with E-state index in [9.17, 15) is 24.6 Å². The molecule has 7 heteroatoms. The van der Waals surface area contributed by atoms with Crippen molar-refractivity contribution in [3.63, 3.8) is 0 Å². The van der Waals surface area contributed by atoms with E-state index in [1.807, 2.05) is 10.6 Å². The van der Waals surface area contributed by atoms with Crippen LogP contribution in [0.25, 0.3) is 5.57 Å². The van der Waals surface area contributed by atoms with Crippen molar-refractivity contribution in [3.8, 4) is 11.5 Å². The minimum absolute atomic E-state index is 0.147. The molecule has 98 valence electrons. The van der Waals surface area contributed by atoms with E-state index in [4.69, 9.17) is 0 Å². The lowest BCUT2D eigenvalue weighted by Crippen LogP contribution is -2.51. The highest BCUT2D eigenvalue weighted by molar-refractivity contribution is 6.32. The Bertz CT molecular complexity index is 611. The van der Waals surface area contributed by atoms with Crippen molar-refractivity contribution < 1.29 is 24.6 Å². The van der Waals surface area contributed by atoms with Crippen LogP contribution in [-0.4, -0.2) is 28.1 Å². The topological polar surface area (TPSA) is 116 Å². The Hall–Kier alpha value is -2.83. The SMILES string of the molecule is CC(=C1C(=O)NC(=O)NC1=O)c1ccc(O)cc1O. The monoisotopic (exact) mass is 262 g/mol. The summed E-state index contributed by atoms with van der Waals surface area (Å²) in [5, 5.41) is 22.8. The van der Waals surface area contributed by atoms with Crippen LogP contribution in [-0.2, 0) is 9.59 Å². The van der Waals surface area contributed by atoms with E-state index < -0.39 is 17.8 Å². The maximum absolute atomic E-state index is 11.6. The Balaban J connectivity index is 2.54. The number of benzene rings is 1. The summed E-state index contributed by atoms with van der Waals surface area (Å²) < 4.78 is 0. The van der Waals surface area contributed by atoms with Crippen LogP contribution in [0, 0.1) is 0 Å². The molecule has 0 aliphatic carbocycles. The number of carbonyl (C=O) groups excluding carboxylic acids is 3. The third kappa shape index (κ3) is 2.25. The van der Waals surface area contributed by atoms with Gasteiger partial charge in [-0.15, -0.1) is 0 Å². The van der Waals surface area contributed by atoms with Crippen molar-refractivity contribution >= 4 is 23.4 Å². The smallest absolute Gasteiger partial charge is 0.328 e. The Morgan fingerprint density at radius 1 is 1.05 bits per heavy atom. The second kappa shape index (κ2) is 4.45. The molecule has 1 aromatic carbocycles. The summed E-state index contributed by atoms with van der Waals surface area (Å²) in [6.07, 6.45) is 0. The fourth-order valence-corrected chi connectivity index (χ4v) is 1.78. The van der Waals surface area contributed by atoms with Crippen molar-refractivity contribution in [2.45, 2.75) is 6.92 Å². The van der Waals surface area contributed by atoms with E-state index in [1.165, 1.54) is 19.1 Å². The zero-order valence-corrected chi connectivity index (χ0v) is 9.85. The van der Waals surface area contributed by atoms with E-state index in [0.29, 0.717) is 0 Å². The number of allylic oxidation sites excluding steroid dienone is 1. The summed E-state index contributed by atoms with van der Waals surface area (Å²) >= 11 is 0. The van der Waals surface area contributed by atoms with Crippen molar-refractivity contribution in [1.82, 2.24) is 10.6 Å². The quantitative estimate of drug-likeness (QED) is 0.427. The lowest BCUT2D eigenvalue weighted by Gasteiger charge is -2.17. The number of rotatable bonds is 1. The average molecular weight is 262 g/mol. The first-order chi connectivity index (χ1) is 8.90. The third-order valence-electron chi connectivity index (χ3n) is 2.67. The first-order valence-corrected chi connectivity index (χ1v) is 5.30. The van der Waals surface area contributed by atoms with Gasteiger partial charge in [-0.25, -0.2) is 4.79 Å². The van der Waals surface area contributed by atoms with Crippen molar-refractivity contribution in [1.29, 1.82) is 0 Å². The molecule has 0 unspecified atom stereocenters. The number of carbonyl (C=O) groups is 3. The van der Waals surface area contributed by atoms with Gasteiger partial charge in [0, 0.05) is 11.6 Å². The number of amides is 4. The highest BCUT2D eigenvalue weighted by atomic mass is 16.3. The summed E-state index contributed by atoms with van der Waals surface area (Å²) in [5.74, 6) is -2.09. The molecule has 4 amide bonds. The van der Waals surface area contributed by atoms with Crippen LogP contribution in [0.3, 0.4) is 0 Å². The van der Waals surface area contributed by atoms with Crippen LogP contribution in [0.5, 0.6) is 11.5 Å². The molecule has 2 rings (SSSR count). The lowest BCUT2D eigenvalue weighted by molar-refractivity contribution is -0.123. The normalized spacial score (nSPS) is 15.0. The Morgan fingerprint density at radius 3 is 2.16 bits per heavy atom. The average Bonchev–Trinajstić information content (AvgIpc) is 2.26. The predicted molar refractivity (Wildman–Crippen MR) is 64.0 cm³/mol. The van der Waals surface area contributed by atoms with E-state index >= 15 is 0 Å². The second-order valence-electron chi connectivity index (χ2n) is 3.94. The van der Waals surface area contributed by atoms with Crippen molar-refractivity contribution in [2.24, 2.45) is 0 Å². The number of aromatic hydroxyl groups is 2. The molecule has 1 aliphatic heterocycles. The van der Waals surface area contributed by atoms with Gasteiger partial charge in [0.1, 0.15) is 17.1 Å². The maximum Gasteiger partial charge on any atom is 0.328 e. The van der Waals surface area contributed by atoms with Gasteiger partial charge in [-0.05, 0) is 24.6 Å². The van der Waals surface area contributed by atoms with Gasteiger partial charge in [-0.1, -0.05) is 0 Å². The number of barbiturate groups is 1. The third-order valence-corrected chi connectivity index (χ3v) is 2.67. The summed E-state index contributed by atoms with van der Waals surface area (Å²) in [7, 11) is 0. The van der Waals surface area contributed by atoms with Gasteiger partial charge < -0.3 is 10.2 Å². The summed E-state index contributed by atoms with van der Waals surface area (Å²) in [6, 6.07) is 2.87. The number of imide groups is 2. The van der Waals surface area contributed by atoms with Gasteiger partial charge in [-0.3, -0.25) is 20.2 Å². The second-order valence-corrected chi connectivity index (χ2v) is 3.94. The van der Waals surface area contributed by atoms with Gasteiger partial charge in [0.2, 0.25) is 0 Å². The van der Waals surface area contributed by atoms with Crippen LogP contribution >= 0.6 is 0 Å². The summed E-state index contributed by atoms with van der Waals surface area (Å²) in [5.41, 5.74) is 0.146. The highest BCUT2D eigenvalue weighted by Crippen LogP contribution is 2.30. The molecule has 1 saturated heterocycles. The van der Waals surface area contributed by atoms with Gasteiger partial charge in [0.15, 0.2) is 0 Å². The zero-order valence-electron chi connectivity index (χ0n) is 9.85. The van der Waals surface area contributed by atoms with Crippen LogP contribution in [0.4, 0.5) is 4.79 Å². The number of hydrogen-bond donors (Lipinski definition) is 4. The molecule has 0 saturated carbocycles. The van der Waals surface area contributed by atoms with Crippen LogP contribution < -0.4 is 10.6 Å². The van der Waals surface area contributed by atoms with Crippen LogP contribution in [0.1, 0.15) is 12.5 Å². The molecule has 7 nitrogen and oxygen atoms in total. The van der Waals surface area contributed by atoms with Crippen molar-refractivity contribution in [2.75, 3.05) is 0 Å². The molecule has 1 fully saturated rings. The molecule has 0 atom stereocenters. The maximum atomic E-state index is 11.6. The fraction of sp³-hybridized carbons (Fsp3) is 0.0833. The van der Waals surface area contributed by atoms with Gasteiger partial charge >= 0.3 is 6.03 Å². The zero-order chi connectivity index (χ0) is 14.2. The van der Waals surface area contributed by atoms with Crippen LogP contribution in [0.2, 0.25) is 0 Å². The fourth-order valence-electron chi connectivity index (χ4n) is 1.78. The standard InChI is InChI=1S/C12H10N2O5/c1-5(7-3-2-6(15)4-8(7)16)9-10(17)13-12(19)14-11(9)18/h2-4,15-16H,1H3,(H2,13,14,17,18,19). The van der Waals surface area contributed by atoms with Gasteiger partial charge in [-0.2, -0.15) is 0 Å². The molecule has 1 heterocycles. The molecule has 0 spiro atoms. The predicted octanol–water partition coefficient (Wildman–Crippen LogP) is 0.237. The van der Waals surface area contributed by atoms with E-state index in [-0.39, 0.29) is 28.2 Å². The summed E-state index contributed by atoms with van der Waals surface area (Å²) in [6.45, 7) is 1.45. The van der Waals surface area contributed by atoms with E-state index in [2.05, 4.69) is 0 Å². The molecule has 1 aromatic rings. The van der Waals surface area contributed by atoms with Crippen molar-refractivity contribution in [3.05, 3.63) is 29.3 Å². The van der Waals surface area contributed by atoms with Gasteiger partial charge in [0.25, 0.3) is 11.8 Å².